The Labute approximate surface area is 134 Å². The van der Waals surface area contributed by atoms with Crippen LogP contribution in [0.3, 0.4) is 0 Å². The third-order valence-corrected chi connectivity index (χ3v) is 5.12. The molecule has 1 aliphatic carbocycles. The molecule has 1 fully saturated rings. The Morgan fingerprint density at radius 1 is 1.45 bits per heavy atom. The maximum absolute atomic E-state index is 10.7. The van der Waals surface area contributed by atoms with Crippen molar-refractivity contribution < 1.29 is 9.53 Å². The summed E-state index contributed by atoms with van der Waals surface area (Å²) in [7, 11) is 4.26. The molecule has 0 bridgehead atoms. The fraction of sp³-hybridized carbons (Fsp3) is 0.500. The summed E-state index contributed by atoms with van der Waals surface area (Å²) in [5, 5.41) is 0.782. The second-order valence-corrected chi connectivity index (χ2v) is 7.35. The van der Waals surface area contributed by atoms with Gasteiger partial charge in [-0.25, -0.2) is 9.78 Å². The summed E-state index contributed by atoms with van der Waals surface area (Å²) in [6, 6.07) is 6.48. The Hall–Kier alpha value is -1.66. The van der Waals surface area contributed by atoms with E-state index >= 15 is 0 Å². The molecule has 0 radical (unpaired) electrons. The number of hydrogen-bond acceptors (Lipinski definition) is 5. The van der Waals surface area contributed by atoms with Gasteiger partial charge >= 0.3 is 6.09 Å². The molecule has 1 heterocycles. The number of hydrogen-bond donors (Lipinski definition) is 1. The molecule has 2 aromatic rings. The van der Waals surface area contributed by atoms with Crippen LogP contribution in [0.25, 0.3) is 10.2 Å². The zero-order valence-corrected chi connectivity index (χ0v) is 13.7. The smallest absolute Gasteiger partial charge is 0.404 e. The van der Waals surface area contributed by atoms with Gasteiger partial charge in [-0.15, -0.1) is 11.3 Å². The van der Waals surface area contributed by atoms with E-state index in [1.165, 1.54) is 24.9 Å². The Bertz CT molecular complexity index is 677. The van der Waals surface area contributed by atoms with E-state index in [0.29, 0.717) is 5.92 Å². The Morgan fingerprint density at radius 3 is 2.91 bits per heavy atom. The Kier molecular flexibility index (Phi) is 4.31. The molecule has 0 saturated heterocycles. The second-order valence-electron chi connectivity index (χ2n) is 6.24. The highest BCUT2D eigenvalue weighted by Gasteiger charge is 2.30. The molecule has 6 heteroatoms. The zero-order valence-electron chi connectivity index (χ0n) is 12.9. The van der Waals surface area contributed by atoms with Gasteiger partial charge < -0.3 is 15.4 Å². The third-order valence-electron chi connectivity index (χ3n) is 4.13. The van der Waals surface area contributed by atoms with Gasteiger partial charge in [0, 0.05) is 6.54 Å². The minimum atomic E-state index is -0.763. The minimum Gasteiger partial charge on any atom is -0.442 e. The molecule has 5 nitrogen and oxygen atoms in total. The van der Waals surface area contributed by atoms with Crippen molar-refractivity contribution in [3.05, 3.63) is 28.8 Å². The van der Waals surface area contributed by atoms with E-state index < -0.39 is 6.09 Å². The summed E-state index contributed by atoms with van der Waals surface area (Å²) in [6.07, 6.45) is 1.77. The topological polar surface area (TPSA) is 68.5 Å². The predicted octanol–water partition coefficient (Wildman–Crippen LogP) is 2.95. The quantitative estimate of drug-likeness (QED) is 0.920. The molecule has 1 saturated carbocycles. The summed E-state index contributed by atoms with van der Waals surface area (Å²) >= 11 is 1.56. The van der Waals surface area contributed by atoms with Crippen LogP contribution in [-0.2, 0) is 11.3 Å². The van der Waals surface area contributed by atoms with Gasteiger partial charge in [0.05, 0.1) is 10.2 Å². The summed E-state index contributed by atoms with van der Waals surface area (Å²) in [5.41, 5.74) is 7.34. The molecule has 1 aromatic heterocycles. The van der Waals surface area contributed by atoms with E-state index in [1.54, 1.807) is 11.3 Å². The van der Waals surface area contributed by atoms with Crippen LogP contribution in [0.15, 0.2) is 18.2 Å². The normalized spacial score (nSPS) is 21.0. The van der Waals surface area contributed by atoms with Gasteiger partial charge in [0.25, 0.3) is 0 Å². The van der Waals surface area contributed by atoms with E-state index in [2.05, 4.69) is 42.2 Å². The van der Waals surface area contributed by atoms with E-state index in [-0.39, 0.29) is 6.61 Å². The van der Waals surface area contributed by atoms with E-state index in [4.69, 9.17) is 10.5 Å². The number of primary amides is 1. The molecule has 0 spiro atoms. The molecule has 1 aromatic carbocycles. The van der Waals surface area contributed by atoms with Gasteiger partial charge in [0.1, 0.15) is 11.6 Å². The van der Waals surface area contributed by atoms with Gasteiger partial charge in [0.2, 0.25) is 0 Å². The van der Waals surface area contributed by atoms with Crippen LogP contribution in [0.1, 0.15) is 29.3 Å². The summed E-state index contributed by atoms with van der Waals surface area (Å²) < 4.78 is 5.95. The summed E-state index contributed by atoms with van der Waals surface area (Å²) in [5.74, 6) is 1.48. The highest BCUT2D eigenvalue weighted by Crippen LogP contribution is 2.42. The van der Waals surface area contributed by atoms with Crippen molar-refractivity contribution in [1.82, 2.24) is 9.88 Å². The molecule has 1 amide bonds. The fourth-order valence-electron chi connectivity index (χ4n) is 3.11. The predicted molar refractivity (Wildman–Crippen MR) is 88.0 cm³/mol. The first-order valence-electron chi connectivity index (χ1n) is 7.47. The first-order chi connectivity index (χ1) is 10.5. The number of aromatic nitrogens is 1. The van der Waals surface area contributed by atoms with Gasteiger partial charge in [-0.05, 0) is 56.5 Å². The largest absolute Gasteiger partial charge is 0.442 e. The number of thiazole rings is 1. The van der Waals surface area contributed by atoms with Crippen LogP contribution in [0.4, 0.5) is 4.79 Å². The second kappa shape index (κ2) is 6.22. The van der Waals surface area contributed by atoms with Crippen molar-refractivity contribution in [1.29, 1.82) is 0 Å². The summed E-state index contributed by atoms with van der Waals surface area (Å²) in [6.45, 7) is 1.33. The number of carbonyl (C=O) groups is 1. The lowest BCUT2D eigenvalue weighted by Gasteiger charge is -2.37. The average Bonchev–Trinajstić information content (AvgIpc) is 2.81. The molecular weight excluding hydrogens is 298 g/mol. The van der Waals surface area contributed by atoms with Crippen molar-refractivity contribution in [2.45, 2.75) is 25.4 Å². The highest BCUT2D eigenvalue weighted by atomic mass is 32.1. The molecule has 0 unspecified atom stereocenters. The Balaban J connectivity index is 1.67. The fourth-order valence-corrected chi connectivity index (χ4v) is 4.04. The van der Waals surface area contributed by atoms with Crippen LogP contribution in [0.2, 0.25) is 0 Å². The number of ether oxygens (including phenoxy) is 1. The van der Waals surface area contributed by atoms with E-state index in [1.807, 2.05) is 0 Å². The average molecular weight is 319 g/mol. The lowest BCUT2D eigenvalue weighted by molar-refractivity contribution is 0.150. The molecule has 2 N–H and O–H groups in total. The molecule has 3 rings (SSSR count). The zero-order chi connectivity index (χ0) is 15.7. The van der Waals surface area contributed by atoms with Crippen LogP contribution >= 0.6 is 11.3 Å². The standard InChI is InChI=1S/C16H21N3O2S/c1-19(2)8-10-5-12(6-10)11-3-4-13-14(7-11)22-15(18-13)9-21-16(17)20/h3-4,7,10,12H,5-6,8-9H2,1-2H3,(H2,17,20). The summed E-state index contributed by atoms with van der Waals surface area (Å²) in [4.78, 5) is 17.4. The molecule has 0 aliphatic heterocycles. The van der Waals surface area contributed by atoms with Crippen molar-refractivity contribution in [2.75, 3.05) is 20.6 Å². The van der Waals surface area contributed by atoms with Crippen LogP contribution in [0.5, 0.6) is 0 Å². The lowest BCUT2D eigenvalue weighted by Crippen LogP contribution is -2.31. The molecule has 22 heavy (non-hydrogen) atoms. The molecule has 0 atom stereocenters. The number of benzene rings is 1. The first-order valence-corrected chi connectivity index (χ1v) is 8.29. The SMILES string of the molecule is CN(C)CC1CC(c2ccc3nc(COC(N)=O)sc3c2)C1. The highest BCUT2D eigenvalue weighted by molar-refractivity contribution is 7.18. The maximum atomic E-state index is 10.7. The lowest BCUT2D eigenvalue weighted by atomic mass is 9.71. The molecule has 118 valence electrons. The van der Waals surface area contributed by atoms with Gasteiger partial charge in [0.15, 0.2) is 0 Å². The van der Waals surface area contributed by atoms with Crippen molar-refractivity contribution in [3.8, 4) is 0 Å². The maximum Gasteiger partial charge on any atom is 0.404 e. The number of nitrogens with zero attached hydrogens (tertiary/aromatic N) is 2. The number of amides is 1. The van der Waals surface area contributed by atoms with E-state index in [0.717, 1.165) is 21.1 Å². The van der Waals surface area contributed by atoms with E-state index in [9.17, 15) is 4.79 Å². The molecular formula is C16H21N3O2S. The monoisotopic (exact) mass is 319 g/mol. The third kappa shape index (κ3) is 3.39. The van der Waals surface area contributed by atoms with Gasteiger partial charge in [-0.3, -0.25) is 0 Å². The molecule has 1 aliphatic rings. The van der Waals surface area contributed by atoms with Crippen molar-refractivity contribution in [2.24, 2.45) is 11.7 Å². The number of carbonyl (C=O) groups excluding carboxylic acids is 1. The van der Waals surface area contributed by atoms with Crippen molar-refractivity contribution in [3.63, 3.8) is 0 Å². The van der Waals surface area contributed by atoms with Gasteiger partial charge in [-0.2, -0.15) is 0 Å². The van der Waals surface area contributed by atoms with Crippen LogP contribution in [-0.4, -0.2) is 36.6 Å². The number of nitrogens with two attached hydrogens (primary N) is 1. The van der Waals surface area contributed by atoms with Crippen LogP contribution < -0.4 is 5.73 Å². The first kappa shape index (κ1) is 15.2. The number of rotatable bonds is 5. The van der Waals surface area contributed by atoms with Crippen molar-refractivity contribution >= 4 is 27.6 Å². The number of fused-ring (bicyclic) bond motifs is 1. The van der Waals surface area contributed by atoms with Gasteiger partial charge in [-0.1, -0.05) is 6.07 Å². The van der Waals surface area contributed by atoms with Crippen LogP contribution in [0, 0.1) is 5.92 Å². The minimum absolute atomic E-state index is 0.151. The Morgan fingerprint density at radius 2 is 2.23 bits per heavy atom.